The second-order valence-corrected chi connectivity index (χ2v) is 6.28. The molecule has 0 aliphatic heterocycles. The average molecular weight is 346 g/mol. The summed E-state index contributed by atoms with van der Waals surface area (Å²) in [7, 11) is 0. The highest BCUT2D eigenvalue weighted by molar-refractivity contribution is 5.94. The van der Waals surface area contributed by atoms with E-state index >= 15 is 0 Å². The summed E-state index contributed by atoms with van der Waals surface area (Å²) in [6, 6.07) is 10.1. The molecular weight excluding hydrogens is 326 g/mol. The standard InChI is InChI=1S/C19H20F2N2O2/c20-13-10-16(12-4-2-1-3-5-12)18(17(21)11-13)23-19(25)22-14-6-8-15(24)9-7-14/h1-5,10-11,14-15,24H,6-9H2,(H2,22,23,25). The van der Waals surface area contributed by atoms with E-state index in [0.29, 0.717) is 31.2 Å². The fourth-order valence-corrected chi connectivity index (χ4v) is 3.10. The predicted octanol–water partition coefficient (Wildman–Crippen LogP) is 4.06. The number of nitrogens with one attached hydrogen (secondary N) is 2. The molecule has 0 bridgehead atoms. The fraction of sp³-hybridized carbons (Fsp3) is 0.316. The van der Waals surface area contributed by atoms with E-state index in [-0.39, 0.29) is 23.4 Å². The Morgan fingerprint density at radius 3 is 2.40 bits per heavy atom. The van der Waals surface area contributed by atoms with E-state index < -0.39 is 17.7 Å². The van der Waals surface area contributed by atoms with Crippen LogP contribution in [0.4, 0.5) is 19.3 Å². The van der Waals surface area contributed by atoms with Crippen LogP contribution in [0.5, 0.6) is 0 Å². The van der Waals surface area contributed by atoms with Gasteiger partial charge in [-0.2, -0.15) is 0 Å². The number of urea groups is 1. The van der Waals surface area contributed by atoms with Gasteiger partial charge in [0.25, 0.3) is 0 Å². The first-order valence-electron chi connectivity index (χ1n) is 8.33. The van der Waals surface area contributed by atoms with E-state index in [1.807, 2.05) is 0 Å². The number of rotatable bonds is 3. The Morgan fingerprint density at radius 2 is 1.72 bits per heavy atom. The summed E-state index contributed by atoms with van der Waals surface area (Å²) in [4.78, 5) is 12.2. The number of aliphatic hydroxyl groups is 1. The number of amides is 2. The zero-order valence-corrected chi connectivity index (χ0v) is 13.6. The maximum Gasteiger partial charge on any atom is 0.319 e. The van der Waals surface area contributed by atoms with Crippen LogP contribution in [0.15, 0.2) is 42.5 Å². The molecule has 1 aliphatic carbocycles. The van der Waals surface area contributed by atoms with E-state index in [1.165, 1.54) is 6.07 Å². The Balaban J connectivity index is 1.78. The smallest absolute Gasteiger partial charge is 0.319 e. The summed E-state index contributed by atoms with van der Waals surface area (Å²) in [5.74, 6) is -1.53. The first-order chi connectivity index (χ1) is 12.0. The molecule has 0 heterocycles. The van der Waals surface area contributed by atoms with E-state index in [4.69, 9.17) is 0 Å². The van der Waals surface area contributed by atoms with Crippen LogP contribution in [-0.2, 0) is 0 Å². The highest BCUT2D eigenvalue weighted by Gasteiger charge is 2.22. The van der Waals surface area contributed by atoms with Crippen LogP contribution in [0.1, 0.15) is 25.7 Å². The summed E-state index contributed by atoms with van der Waals surface area (Å²) in [6.07, 6.45) is 2.29. The van der Waals surface area contributed by atoms with Gasteiger partial charge in [-0.25, -0.2) is 13.6 Å². The summed E-state index contributed by atoms with van der Waals surface area (Å²) < 4.78 is 27.9. The molecule has 0 spiro atoms. The minimum atomic E-state index is -0.826. The number of anilines is 1. The lowest BCUT2D eigenvalue weighted by atomic mass is 9.93. The zero-order valence-electron chi connectivity index (χ0n) is 13.6. The van der Waals surface area contributed by atoms with Crippen molar-refractivity contribution in [3.05, 3.63) is 54.1 Å². The van der Waals surface area contributed by atoms with Gasteiger partial charge in [0.15, 0.2) is 0 Å². The lowest BCUT2D eigenvalue weighted by molar-refractivity contribution is 0.118. The molecule has 0 unspecified atom stereocenters. The topological polar surface area (TPSA) is 61.4 Å². The number of carbonyl (C=O) groups is 1. The molecule has 0 radical (unpaired) electrons. The fourth-order valence-electron chi connectivity index (χ4n) is 3.10. The highest BCUT2D eigenvalue weighted by Crippen LogP contribution is 2.31. The number of hydrogen-bond donors (Lipinski definition) is 3. The van der Waals surface area contributed by atoms with Crippen molar-refractivity contribution in [2.75, 3.05) is 5.32 Å². The SMILES string of the molecule is O=C(Nc1c(F)cc(F)cc1-c1ccccc1)NC1CCC(O)CC1. The van der Waals surface area contributed by atoms with E-state index in [1.54, 1.807) is 30.3 Å². The maximum absolute atomic E-state index is 14.3. The molecule has 132 valence electrons. The van der Waals surface area contributed by atoms with Crippen molar-refractivity contribution in [2.45, 2.75) is 37.8 Å². The molecule has 6 heteroatoms. The summed E-state index contributed by atoms with van der Waals surface area (Å²) in [6.45, 7) is 0. The molecule has 2 aromatic rings. The summed E-state index contributed by atoms with van der Waals surface area (Å²) in [5, 5.41) is 14.8. The van der Waals surface area contributed by atoms with Crippen LogP contribution >= 0.6 is 0 Å². The van der Waals surface area contributed by atoms with Crippen LogP contribution in [0, 0.1) is 11.6 Å². The number of aliphatic hydroxyl groups excluding tert-OH is 1. The summed E-state index contributed by atoms with van der Waals surface area (Å²) in [5.41, 5.74) is 0.838. The maximum atomic E-state index is 14.3. The first kappa shape index (κ1) is 17.4. The normalized spacial score (nSPS) is 20.1. The molecule has 2 amide bonds. The van der Waals surface area contributed by atoms with Crippen molar-refractivity contribution in [2.24, 2.45) is 0 Å². The zero-order chi connectivity index (χ0) is 17.8. The minimum absolute atomic E-state index is 0.0547. The Kier molecular flexibility index (Phi) is 5.28. The van der Waals surface area contributed by atoms with Crippen LogP contribution in [0.25, 0.3) is 11.1 Å². The van der Waals surface area contributed by atoms with Gasteiger partial charge in [0.05, 0.1) is 11.8 Å². The number of benzene rings is 2. The van der Waals surface area contributed by atoms with Crippen LogP contribution in [0.3, 0.4) is 0 Å². The second kappa shape index (κ2) is 7.61. The van der Waals surface area contributed by atoms with Crippen molar-refractivity contribution in [3.63, 3.8) is 0 Å². The van der Waals surface area contributed by atoms with Crippen LogP contribution < -0.4 is 10.6 Å². The van der Waals surface area contributed by atoms with Gasteiger partial charge in [-0.15, -0.1) is 0 Å². The molecule has 1 aliphatic rings. The van der Waals surface area contributed by atoms with Gasteiger partial charge in [-0.3, -0.25) is 0 Å². The van der Waals surface area contributed by atoms with E-state index in [2.05, 4.69) is 10.6 Å². The first-order valence-corrected chi connectivity index (χ1v) is 8.33. The highest BCUT2D eigenvalue weighted by atomic mass is 19.1. The Hall–Kier alpha value is -2.47. The van der Waals surface area contributed by atoms with E-state index in [0.717, 1.165) is 6.07 Å². The Bertz CT molecular complexity index is 745. The monoisotopic (exact) mass is 346 g/mol. The molecule has 2 aromatic carbocycles. The van der Waals surface area contributed by atoms with Gasteiger partial charge in [0.2, 0.25) is 0 Å². The van der Waals surface area contributed by atoms with Crippen molar-refractivity contribution in [1.29, 1.82) is 0 Å². The number of carbonyl (C=O) groups excluding carboxylic acids is 1. The molecule has 1 saturated carbocycles. The third kappa shape index (κ3) is 4.33. The molecule has 0 saturated heterocycles. The third-order valence-electron chi connectivity index (χ3n) is 4.41. The van der Waals surface area contributed by atoms with Crippen LogP contribution in [0.2, 0.25) is 0 Å². The third-order valence-corrected chi connectivity index (χ3v) is 4.41. The van der Waals surface area contributed by atoms with Crippen molar-refractivity contribution < 1.29 is 18.7 Å². The van der Waals surface area contributed by atoms with Crippen LogP contribution in [-0.4, -0.2) is 23.3 Å². The Morgan fingerprint density at radius 1 is 1.04 bits per heavy atom. The van der Waals surface area contributed by atoms with Gasteiger partial charge >= 0.3 is 6.03 Å². The lowest BCUT2D eigenvalue weighted by Crippen LogP contribution is -2.41. The molecule has 1 fully saturated rings. The quantitative estimate of drug-likeness (QED) is 0.785. The minimum Gasteiger partial charge on any atom is -0.393 e. The molecule has 3 N–H and O–H groups in total. The second-order valence-electron chi connectivity index (χ2n) is 6.28. The van der Waals surface area contributed by atoms with Gasteiger partial charge in [-0.05, 0) is 37.3 Å². The summed E-state index contributed by atoms with van der Waals surface area (Å²) >= 11 is 0. The molecule has 25 heavy (non-hydrogen) atoms. The molecular formula is C19H20F2N2O2. The molecule has 3 rings (SSSR count). The molecule has 0 aromatic heterocycles. The largest absolute Gasteiger partial charge is 0.393 e. The predicted molar refractivity (Wildman–Crippen MR) is 92.2 cm³/mol. The molecule has 4 nitrogen and oxygen atoms in total. The van der Waals surface area contributed by atoms with Crippen molar-refractivity contribution in [1.82, 2.24) is 5.32 Å². The van der Waals surface area contributed by atoms with Gasteiger partial charge in [-0.1, -0.05) is 30.3 Å². The van der Waals surface area contributed by atoms with Gasteiger partial charge < -0.3 is 15.7 Å². The molecule has 0 atom stereocenters. The Labute approximate surface area is 144 Å². The van der Waals surface area contributed by atoms with Gasteiger partial charge in [0.1, 0.15) is 11.6 Å². The van der Waals surface area contributed by atoms with Crippen molar-refractivity contribution in [3.8, 4) is 11.1 Å². The van der Waals surface area contributed by atoms with Gasteiger partial charge in [0, 0.05) is 17.7 Å². The number of halogens is 2. The van der Waals surface area contributed by atoms with Crippen molar-refractivity contribution >= 4 is 11.7 Å². The number of hydrogen-bond acceptors (Lipinski definition) is 2. The lowest BCUT2D eigenvalue weighted by Gasteiger charge is -2.26. The average Bonchev–Trinajstić information content (AvgIpc) is 2.60. The van der Waals surface area contributed by atoms with E-state index in [9.17, 15) is 18.7 Å².